The molecule has 1 amide bonds. The summed E-state index contributed by atoms with van der Waals surface area (Å²) in [5, 5.41) is 1.37. The molecule has 31 heavy (non-hydrogen) atoms. The molecule has 1 saturated heterocycles. The monoisotopic (exact) mass is 457 g/mol. The van der Waals surface area contributed by atoms with Crippen LogP contribution in [0.15, 0.2) is 42.5 Å². The van der Waals surface area contributed by atoms with E-state index in [-0.39, 0.29) is 17.4 Å². The molecule has 2 fully saturated rings. The lowest BCUT2D eigenvalue weighted by atomic mass is 9.90. The molecule has 3 aliphatic rings. The van der Waals surface area contributed by atoms with Crippen LogP contribution in [0.4, 0.5) is 11.4 Å². The van der Waals surface area contributed by atoms with E-state index >= 15 is 0 Å². The fourth-order valence-corrected chi connectivity index (χ4v) is 5.60. The minimum absolute atomic E-state index is 0.0702. The maximum absolute atomic E-state index is 13.9. The molecule has 0 radical (unpaired) electrons. The van der Waals surface area contributed by atoms with Crippen molar-refractivity contribution < 1.29 is 4.79 Å². The molecule has 2 aromatic carbocycles. The van der Waals surface area contributed by atoms with Gasteiger partial charge in [0.25, 0.3) is 0 Å². The molecular formula is C25H29Cl2N3O. The summed E-state index contributed by atoms with van der Waals surface area (Å²) in [7, 11) is 0. The van der Waals surface area contributed by atoms with E-state index < -0.39 is 0 Å². The van der Waals surface area contributed by atoms with E-state index in [1.165, 1.54) is 18.5 Å². The molecule has 1 saturated carbocycles. The average molecular weight is 458 g/mol. The topological polar surface area (TPSA) is 26.8 Å². The number of rotatable bonds is 4. The Balaban J connectivity index is 1.42. The summed E-state index contributed by atoms with van der Waals surface area (Å²) in [5.41, 5.74) is 3.30. The average Bonchev–Trinajstić information content (AvgIpc) is 3.53. The number of nitrogens with zero attached hydrogens (tertiary/aromatic N) is 3. The Morgan fingerprint density at radius 3 is 2.55 bits per heavy atom. The van der Waals surface area contributed by atoms with Crippen molar-refractivity contribution in [2.45, 2.75) is 51.7 Å². The highest BCUT2D eigenvalue weighted by Gasteiger charge is 2.44. The number of carbonyl (C=O) groups is 1. The summed E-state index contributed by atoms with van der Waals surface area (Å²) in [6.07, 6.45) is 3.36. The third-order valence-corrected chi connectivity index (χ3v) is 7.39. The number of hydrogen-bond donors (Lipinski definition) is 0. The second-order valence-corrected chi connectivity index (χ2v) is 10.8. The molecule has 5 rings (SSSR count). The molecule has 0 bridgehead atoms. The summed E-state index contributed by atoms with van der Waals surface area (Å²) in [6, 6.07) is 14.4. The van der Waals surface area contributed by atoms with Gasteiger partial charge in [-0.2, -0.15) is 0 Å². The van der Waals surface area contributed by atoms with E-state index in [4.69, 9.17) is 23.2 Å². The van der Waals surface area contributed by atoms with Crippen molar-refractivity contribution in [2.75, 3.05) is 29.4 Å². The zero-order valence-corrected chi connectivity index (χ0v) is 19.7. The Morgan fingerprint density at radius 2 is 1.81 bits per heavy atom. The summed E-state index contributed by atoms with van der Waals surface area (Å²) < 4.78 is 0. The van der Waals surface area contributed by atoms with Crippen LogP contribution in [0.5, 0.6) is 0 Å². The number of para-hydroxylation sites is 2. The first-order valence-corrected chi connectivity index (χ1v) is 11.9. The van der Waals surface area contributed by atoms with Crippen LogP contribution in [-0.4, -0.2) is 42.5 Å². The molecule has 2 heterocycles. The molecule has 0 spiro atoms. The highest BCUT2D eigenvalue weighted by Crippen LogP contribution is 2.42. The van der Waals surface area contributed by atoms with Gasteiger partial charge in [0.1, 0.15) is 0 Å². The van der Waals surface area contributed by atoms with Crippen LogP contribution in [-0.2, 0) is 11.3 Å². The standard InChI is InChI=1S/C25H29Cl2N3O/c1-25(2)14-23(28(16-25)15-17-13-18(26)7-10-20(17)27)24(31)30-12-11-29(19-8-9-19)21-5-3-4-6-22(21)30/h3-7,10,13,19,23H,8-9,11-12,14-16H2,1-2H3. The third kappa shape index (κ3) is 4.18. The van der Waals surface area contributed by atoms with E-state index in [0.29, 0.717) is 22.6 Å². The second-order valence-electron chi connectivity index (χ2n) is 9.93. The summed E-state index contributed by atoms with van der Waals surface area (Å²) in [6.45, 7) is 7.62. The highest BCUT2D eigenvalue weighted by atomic mass is 35.5. The molecule has 2 aromatic rings. The number of halogens is 2. The SMILES string of the molecule is CC1(C)CC(C(=O)N2CCN(C3CC3)c3ccccc32)N(Cc2cc(Cl)ccc2Cl)C1. The number of likely N-dealkylation sites (tertiary alicyclic amines) is 1. The predicted molar refractivity (Wildman–Crippen MR) is 128 cm³/mol. The van der Waals surface area contributed by atoms with E-state index in [2.05, 4.69) is 41.8 Å². The van der Waals surface area contributed by atoms with Gasteiger partial charge in [-0.3, -0.25) is 9.69 Å². The maximum Gasteiger partial charge on any atom is 0.244 e. The van der Waals surface area contributed by atoms with Crippen LogP contribution in [0.1, 0.15) is 38.7 Å². The molecule has 2 aliphatic heterocycles. The zero-order chi connectivity index (χ0) is 21.8. The molecule has 4 nitrogen and oxygen atoms in total. The van der Waals surface area contributed by atoms with Crippen LogP contribution in [0.2, 0.25) is 10.0 Å². The smallest absolute Gasteiger partial charge is 0.244 e. The summed E-state index contributed by atoms with van der Waals surface area (Å²) >= 11 is 12.7. The van der Waals surface area contributed by atoms with Crippen LogP contribution >= 0.6 is 23.2 Å². The fraction of sp³-hybridized carbons (Fsp3) is 0.480. The minimum Gasteiger partial charge on any atom is -0.365 e. The van der Waals surface area contributed by atoms with Gasteiger partial charge in [0, 0.05) is 42.3 Å². The number of fused-ring (bicyclic) bond motifs is 1. The first-order valence-electron chi connectivity index (χ1n) is 11.2. The number of hydrogen-bond acceptors (Lipinski definition) is 3. The third-order valence-electron chi connectivity index (χ3n) is 6.78. The van der Waals surface area contributed by atoms with Crippen LogP contribution in [0, 0.1) is 5.41 Å². The van der Waals surface area contributed by atoms with Gasteiger partial charge >= 0.3 is 0 Å². The summed E-state index contributed by atoms with van der Waals surface area (Å²) in [5.74, 6) is 0.201. The van der Waals surface area contributed by atoms with Crippen molar-refractivity contribution in [1.29, 1.82) is 0 Å². The predicted octanol–water partition coefficient (Wildman–Crippen LogP) is 5.61. The van der Waals surface area contributed by atoms with Gasteiger partial charge in [-0.25, -0.2) is 0 Å². The van der Waals surface area contributed by atoms with Crippen LogP contribution < -0.4 is 9.80 Å². The second kappa shape index (κ2) is 7.99. The van der Waals surface area contributed by atoms with Gasteiger partial charge in [0.05, 0.1) is 17.4 Å². The molecule has 1 aliphatic carbocycles. The van der Waals surface area contributed by atoms with Crippen molar-refractivity contribution in [3.8, 4) is 0 Å². The highest BCUT2D eigenvalue weighted by molar-refractivity contribution is 6.33. The summed E-state index contributed by atoms with van der Waals surface area (Å²) in [4.78, 5) is 20.7. The van der Waals surface area contributed by atoms with Gasteiger partial charge in [-0.15, -0.1) is 0 Å². The fourth-order valence-electron chi connectivity index (χ4n) is 5.23. The molecular weight excluding hydrogens is 429 g/mol. The molecule has 0 aromatic heterocycles. The van der Waals surface area contributed by atoms with Crippen molar-refractivity contribution >= 4 is 40.5 Å². The minimum atomic E-state index is -0.162. The molecule has 0 N–H and O–H groups in total. The van der Waals surface area contributed by atoms with Gasteiger partial charge in [-0.05, 0) is 60.6 Å². The Morgan fingerprint density at radius 1 is 1.06 bits per heavy atom. The molecule has 6 heteroatoms. The van der Waals surface area contributed by atoms with Gasteiger partial charge in [-0.1, -0.05) is 49.2 Å². The largest absolute Gasteiger partial charge is 0.365 e. The van der Waals surface area contributed by atoms with Gasteiger partial charge in [0.2, 0.25) is 5.91 Å². The normalized spacial score (nSPS) is 23.2. The van der Waals surface area contributed by atoms with Crippen molar-refractivity contribution in [1.82, 2.24) is 4.90 Å². The Kier molecular flexibility index (Phi) is 5.44. The zero-order valence-electron chi connectivity index (χ0n) is 18.2. The quantitative estimate of drug-likeness (QED) is 0.596. The number of carbonyl (C=O) groups excluding carboxylic acids is 1. The van der Waals surface area contributed by atoms with Gasteiger partial charge in [0.15, 0.2) is 0 Å². The lowest BCUT2D eigenvalue weighted by Gasteiger charge is -2.40. The molecule has 1 unspecified atom stereocenters. The van der Waals surface area contributed by atoms with Crippen molar-refractivity contribution in [3.05, 3.63) is 58.1 Å². The van der Waals surface area contributed by atoms with Gasteiger partial charge < -0.3 is 9.80 Å². The first-order chi connectivity index (χ1) is 14.8. The van der Waals surface area contributed by atoms with Crippen LogP contribution in [0.25, 0.3) is 0 Å². The lowest BCUT2D eigenvalue weighted by molar-refractivity contribution is -0.123. The molecule has 164 valence electrons. The lowest BCUT2D eigenvalue weighted by Crippen LogP contribution is -2.51. The Bertz CT molecular complexity index is 1000. The van der Waals surface area contributed by atoms with E-state index in [1.54, 1.807) is 6.07 Å². The van der Waals surface area contributed by atoms with E-state index in [1.807, 2.05) is 23.1 Å². The van der Waals surface area contributed by atoms with E-state index in [9.17, 15) is 4.79 Å². The number of anilines is 2. The van der Waals surface area contributed by atoms with E-state index in [0.717, 1.165) is 37.3 Å². The van der Waals surface area contributed by atoms with Crippen molar-refractivity contribution in [2.24, 2.45) is 5.41 Å². The molecule has 1 atom stereocenters. The number of amides is 1. The number of benzene rings is 2. The Labute approximate surface area is 194 Å². The van der Waals surface area contributed by atoms with Crippen LogP contribution in [0.3, 0.4) is 0 Å². The van der Waals surface area contributed by atoms with Crippen molar-refractivity contribution in [3.63, 3.8) is 0 Å². The maximum atomic E-state index is 13.9. The first kappa shape index (κ1) is 21.1. The Hall–Kier alpha value is -1.75.